The molecule has 0 atom stereocenters. The molecule has 0 radical (unpaired) electrons. The number of nitrogens with zero attached hydrogens (tertiary/aromatic N) is 3. The summed E-state index contributed by atoms with van der Waals surface area (Å²) in [6, 6.07) is 12.8. The molecule has 1 amide bonds. The van der Waals surface area contributed by atoms with Crippen molar-refractivity contribution >= 4 is 49.4 Å². The highest BCUT2D eigenvalue weighted by molar-refractivity contribution is 9.10. The van der Waals surface area contributed by atoms with E-state index in [0.29, 0.717) is 11.6 Å². The largest absolute Gasteiger partial charge is 0.377 e. The molecular formula is C21H27BrN4O3S. The first-order valence-electron chi connectivity index (χ1n) is 9.35. The second-order valence-corrected chi connectivity index (χ2v) is 10.2. The van der Waals surface area contributed by atoms with E-state index in [1.807, 2.05) is 49.3 Å². The number of nitrogens with one attached hydrogen (secondary N) is 1. The van der Waals surface area contributed by atoms with Crippen molar-refractivity contribution in [1.29, 1.82) is 0 Å². The van der Waals surface area contributed by atoms with Gasteiger partial charge in [-0.1, -0.05) is 32.0 Å². The smallest absolute Gasteiger partial charge is 0.260 e. The predicted octanol–water partition coefficient (Wildman–Crippen LogP) is 3.55. The van der Waals surface area contributed by atoms with Gasteiger partial charge in [-0.25, -0.2) is 13.8 Å². The molecule has 0 unspecified atom stereocenters. The van der Waals surface area contributed by atoms with E-state index in [4.69, 9.17) is 0 Å². The maximum atomic E-state index is 12.3. The van der Waals surface area contributed by atoms with E-state index in [1.54, 1.807) is 12.1 Å². The van der Waals surface area contributed by atoms with Crippen molar-refractivity contribution in [3.05, 3.63) is 58.1 Å². The zero-order valence-electron chi connectivity index (χ0n) is 17.8. The Morgan fingerprint density at radius 2 is 1.80 bits per heavy atom. The number of anilines is 2. The molecule has 7 nitrogen and oxygen atoms in total. The lowest BCUT2D eigenvalue weighted by molar-refractivity contribution is -0.119. The normalized spacial score (nSPS) is 11.7. The number of hydrogen-bond donors (Lipinski definition) is 1. The van der Waals surface area contributed by atoms with E-state index in [9.17, 15) is 13.2 Å². The summed E-state index contributed by atoms with van der Waals surface area (Å²) >= 11 is 3.50. The SMILES string of the molecule is CC(C)c1ccc(N(CC(=O)N/N=C\c2ccc(N(C)C)c(Br)c2)S(C)(=O)=O)cc1. The molecular weight excluding hydrogens is 468 g/mol. The Balaban J connectivity index is 2.08. The second kappa shape index (κ2) is 10.1. The Labute approximate surface area is 186 Å². The molecule has 30 heavy (non-hydrogen) atoms. The number of rotatable bonds is 8. The van der Waals surface area contributed by atoms with Crippen molar-refractivity contribution in [2.75, 3.05) is 36.1 Å². The van der Waals surface area contributed by atoms with Crippen LogP contribution in [0.5, 0.6) is 0 Å². The first kappa shape index (κ1) is 23.9. The van der Waals surface area contributed by atoms with Crippen molar-refractivity contribution in [3.63, 3.8) is 0 Å². The molecule has 162 valence electrons. The van der Waals surface area contributed by atoms with Gasteiger partial charge in [-0.15, -0.1) is 0 Å². The van der Waals surface area contributed by atoms with Crippen molar-refractivity contribution in [3.8, 4) is 0 Å². The van der Waals surface area contributed by atoms with Gasteiger partial charge in [0.25, 0.3) is 5.91 Å². The maximum absolute atomic E-state index is 12.3. The van der Waals surface area contributed by atoms with Crippen LogP contribution >= 0.6 is 15.9 Å². The van der Waals surface area contributed by atoms with Gasteiger partial charge in [0.1, 0.15) is 6.54 Å². The average molecular weight is 495 g/mol. The van der Waals surface area contributed by atoms with E-state index < -0.39 is 15.9 Å². The van der Waals surface area contributed by atoms with Crippen LogP contribution in [0.3, 0.4) is 0 Å². The second-order valence-electron chi connectivity index (χ2n) is 7.41. The first-order chi connectivity index (χ1) is 14.0. The molecule has 2 aromatic rings. The molecule has 0 aromatic heterocycles. The van der Waals surface area contributed by atoms with Crippen LogP contribution < -0.4 is 14.6 Å². The quantitative estimate of drug-likeness (QED) is 0.449. The Kier molecular flexibility index (Phi) is 8.03. The monoisotopic (exact) mass is 494 g/mol. The van der Waals surface area contributed by atoms with Gasteiger partial charge in [0.15, 0.2) is 0 Å². The van der Waals surface area contributed by atoms with Gasteiger partial charge >= 0.3 is 0 Å². The lowest BCUT2D eigenvalue weighted by Crippen LogP contribution is -2.39. The van der Waals surface area contributed by atoms with Crippen LogP contribution in [0.1, 0.15) is 30.9 Å². The van der Waals surface area contributed by atoms with E-state index in [1.165, 1.54) is 6.21 Å². The lowest BCUT2D eigenvalue weighted by atomic mass is 10.0. The Hall–Kier alpha value is -2.39. The Morgan fingerprint density at radius 3 is 2.30 bits per heavy atom. The van der Waals surface area contributed by atoms with Gasteiger partial charge in [-0.2, -0.15) is 5.10 Å². The van der Waals surface area contributed by atoms with Gasteiger partial charge in [0.05, 0.1) is 23.8 Å². The third-order valence-corrected chi connectivity index (χ3v) is 6.17. The van der Waals surface area contributed by atoms with E-state index in [-0.39, 0.29) is 6.54 Å². The Bertz CT molecular complexity index is 1020. The van der Waals surface area contributed by atoms with Gasteiger partial charge < -0.3 is 4.90 Å². The molecule has 2 rings (SSSR count). The van der Waals surface area contributed by atoms with Gasteiger partial charge in [-0.3, -0.25) is 9.10 Å². The minimum absolute atomic E-state index is 0.329. The van der Waals surface area contributed by atoms with Crippen LogP contribution in [0.4, 0.5) is 11.4 Å². The first-order valence-corrected chi connectivity index (χ1v) is 12.0. The van der Waals surface area contributed by atoms with E-state index in [2.05, 4.69) is 40.3 Å². The molecule has 0 bridgehead atoms. The lowest BCUT2D eigenvalue weighted by Gasteiger charge is -2.21. The summed E-state index contributed by atoms with van der Waals surface area (Å²) < 4.78 is 26.4. The molecule has 0 saturated heterocycles. The fraction of sp³-hybridized carbons (Fsp3) is 0.333. The summed E-state index contributed by atoms with van der Waals surface area (Å²) in [6.07, 6.45) is 2.58. The maximum Gasteiger partial charge on any atom is 0.260 e. The van der Waals surface area contributed by atoms with Crippen LogP contribution in [0.2, 0.25) is 0 Å². The van der Waals surface area contributed by atoms with Crippen molar-refractivity contribution in [2.45, 2.75) is 19.8 Å². The molecule has 0 aliphatic rings. The Morgan fingerprint density at radius 1 is 1.17 bits per heavy atom. The zero-order chi connectivity index (χ0) is 22.5. The molecule has 9 heteroatoms. The van der Waals surface area contributed by atoms with Gasteiger partial charge in [-0.05, 0) is 57.2 Å². The standard InChI is InChI=1S/C21H27BrN4O3S/c1-15(2)17-7-9-18(10-8-17)26(30(5,28)29)14-21(27)24-23-13-16-6-11-20(25(3)4)19(22)12-16/h6-13,15H,14H2,1-5H3,(H,24,27)/b23-13-. The topological polar surface area (TPSA) is 82.1 Å². The number of hydrogen-bond acceptors (Lipinski definition) is 5. The summed E-state index contributed by atoms with van der Waals surface area (Å²) in [5.74, 6) is -0.205. The number of halogens is 1. The summed E-state index contributed by atoms with van der Waals surface area (Å²) in [5.41, 5.74) is 5.72. The summed E-state index contributed by atoms with van der Waals surface area (Å²) in [4.78, 5) is 14.3. The summed E-state index contributed by atoms with van der Waals surface area (Å²) in [5, 5.41) is 3.94. The number of hydrazone groups is 1. The minimum atomic E-state index is -3.63. The molecule has 0 saturated carbocycles. The predicted molar refractivity (Wildman–Crippen MR) is 127 cm³/mol. The molecule has 0 aliphatic heterocycles. The van der Waals surface area contributed by atoms with Crippen molar-refractivity contribution in [2.24, 2.45) is 5.10 Å². The number of sulfonamides is 1. The van der Waals surface area contributed by atoms with Gasteiger partial charge in [0, 0.05) is 18.6 Å². The van der Waals surface area contributed by atoms with Crippen molar-refractivity contribution in [1.82, 2.24) is 5.43 Å². The minimum Gasteiger partial charge on any atom is -0.377 e. The number of benzene rings is 2. The molecule has 1 N–H and O–H groups in total. The molecule has 0 aliphatic carbocycles. The fourth-order valence-electron chi connectivity index (χ4n) is 2.74. The van der Waals surface area contributed by atoms with Crippen molar-refractivity contribution < 1.29 is 13.2 Å². The summed E-state index contributed by atoms with van der Waals surface area (Å²) in [6.45, 7) is 3.75. The van der Waals surface area contributed by atoms with Crippen LogP contribution in [-0.2, 0) is 14.8 Å². The number of carbonyl (C=O) groups is 1. The van der Waals surface area contributed by atoms with Crippen LogP contribution in [0, 0.1) is 0 Å². The molecule has 0 heterocycles. The van der Waals surface area contributed by atoms with E-state index >= 15 is 0 Å². The fourth-order valence-corrected chi connectivity index (χ4v) is 4.34. The third kappa shape index (κ3) is 6.56. The van der Waals surface area contributed by atoms with Gasteiger partial charge in [0.2, 0.25) is 10.0 Å². The number of carbonyl (C=O) groups excluding carboxylic acids is 1. The molecule has 2 aromatic carbocycles. The van der Waals surface area contributed by atoms with Crippen LogP contribution in [0.15, 0.2) is 52.0 Å². The summed E-state index contributed by atoms with van der Waals surface area (Å²) in [7, 11) is 0.253. The average Bonchev–Trinajstić information content (AvgIpc) is 2.65. The molecule has 0 fully saturated rings. The highest BCUT2D eigenvalue weighted by Gasteiger charge is 2.20. The third-order valence-electron chi connectivity index (χ3n) is 4.39. The van der Waals surface area contributed by atoms with Crippen LogP contribution in [0.25, 0.3) is 0 Å². The zero-order valence-corrected chi connectivity index (χ0v) is 20.2. The van der Waals surface area contributed by atoms with Crippen LogP contribution in [-0.4, -0.2) is 47.4 Å². The number of amides is 1. The molecule has 0 spiro atoms. The highest BCUT2D eigenvalue weighted by atomic mass is 79.9. The van der Waals surface area contributed by atoms with E-state index in [0.717, 1.165) is 31.8 Å². The highest BCUT2D eigenvalue weighted by Crippen LogP contribution is 2.25.